The predicted molar refractivity (Wildman–Crippen MR) is 161 cm³/mol. The molecule has 8 atom stereocenters. The number of carbonyl (C=O) groups excluding carboxylic acids is 2. The SMILES string of the molecule is C[C@H]1[C@@H](NC(=O)COCc2ccc(C(=O)/C=C/c3cccc(Cl)c3Cl)cc2)O[C@@H]2O[C@@]3(C)CC[C@H]4[C@H](C)CC[C@@H]1[C@@]24OO3. The van der Waals surface area contributed by atoms with E-state index < -0.39 is 23.9 Å². The van der Waals surface area contributed by atoms with Crippen LogP contribution in [0, 0.1) is 23.7 Å². The van der Waals surface area contributed by atoms with Crippen LogP contribution in [0.2, 0.25) is 10.0 Å². The molecule has 5 aliphatic rings. The molecular weight excluding hydrogens is 593 g/mol. The van der Waals surface area contributed by atoms with E-state index in [2.05, 4.69) is 19.2 Å². The largest absolute Gasteiger partial charge is 0.367 e. The monoisotopic (exact) mass is 629 g/mol. The number of ether oxygens (including phenoxy) is 3. The van der Waals surface area contributed by atoms with Crippen molar-refractivity contribution < 1.29 is 33.6 Å². The molecule has 43 heavy (non-hydrogen) atoms. The minimum Gasteiger partial charge on any atom is -0.367 e. The molecule has 2 aromatic carbocycles. The highest BCUT2D eigenvalue weighted by atomic mass is 35.5. The Morgan fingerprint density at radius 3 is 2.63 bits per heavy atom. The number of hydrogen-bond acceptors (Lipinski definition) is 7. The van der Waals surface area contributed by atoms with Gasteiger partial charge in [0.1, 0.15) is 12.8 Å². The van der Waals surface area contributed by atoms with Crippen LogP contribution in [0.25, 0.3) is 6.08 Å². The lowest BCUT2D eigenvalue weighted by Gasteiger charge is -2.60. The van der Waals surface area contributed by atoms with Crippen molar-refractivity contribution in [3.8, 4) is 0 Å². The second-order valence-corrected chi connectivity index (χ2v) is 13.2. The average molecular weight is 631 g/mol. The molecule has 1 saturated carbocycles. The standard InChI is InChI=1S/C33H37Cl2NO7/c1-19-7-13-25-20(2)30(40-31-33(25)24(19)15-16-32(3,41-31)42-43-33)36-28(38)18-39-17-21-8-10-22(11-9-21)27(37)14-12-23-5-4-6-26(34)29(23)35/h4-6,8-12,14,19-20,24-25,30-31H,7,13,15-18H2,1-3H3,(H,36,38)/b14-12+/t19-,20-,24+,25+,30+,31-,32-,33-/m1/s1. The highest BCUT2D eigenvalue weighted by Crippen LogP contribution is 2.60. The lowest BCUT2D eigenvalue weighted by atomic mass is 9.58. The summed E-state index contributed by atoms with van der Waals surface area (Å²) in [6.07, 6.45) is 5.69. The molecule has 1 aliphatic carbocycles. The van der Waals surface area contributed by atoms with Gasteiger partial charge in [-0.3, -0.25) is 9.59 Å². The lowest BCUT2D eigenvalue weighted by Crippen LogP contribution is -2.72. The van der Waals surface area contributed by atoms with Crippen LogP contribution in [-0.2, 0) is 35.4 Å². The van der Waals surface area contributed by atoms with Crippen molar-refractivity contribution in [2.75, 3.05) is 6.61 Å². The first-order valence-electron chi connectivity index (χ1n) is 14.9. The number of halogens is 2. The fraction of sp³-hybridized carbons (Fsp3) is 0.515. The van der Waals surface area contributed by atoms with E-state index in [1.165, 1.54) is 6.08 Å². The van der Waals surface area contributed by atoms with Gasteiger partial charge >= 0.3 is 0 Å². The predicted octanol–water partition coefficient (Wildman–Crippen LogP) is 6.73. The number of fused-ring (bicyclic) bond motifs is 2. The molecule has 1 amide bonds. The van der Waals surface area contributed by atoms with Gasteiger partial charge in [-0.1, -0.05) is 73.4 Å². The zero-order chi connectivity index (χ0) is 30.4. The summed E-state index contributed by atoms with van der Waals surface area (Å²) < 4.78 is 18.5. The molecule has 2 aromatic rings. The second kappa shape index (κ2) is 12.2. The molecule has 0 radical (unpaired) electrons. The van der Waals surface area contributed by atoms with Crippen molar-refractivity contribution >= 4 is 41.0 Å². The Balaban J connectivity index is 1.02. The van der Waals surface area contributed by atoms with E-state index in [0.717, 1.165) is 31.2 Å². The summed E-state index contributed by atoms with van der Waals surface area (Å²) in [4.78, 5) is 37.6. The highest BCUT2D eigenvalue weighted by Gasteiger charge is 2.69. The number of amides is 1. The Kier molecular flexibility index (Phi) is 8.74. The first-order chi connectivity index (χ1) is 20.6. The molecule has 0 aromatic heterocycles. The smallest absolute Gasteiger partial charge is 0.248 e. The molecule has 1 spiro atoms. The minimum atomic E-state index is -0.865. The van der Waals surface area contributed by atoms with Crippen LogP contribution in [0.15, 0.2) is 48.5 Å². The van der Waals surface area contributed by atoms with E-state index in [1.807, 2.05) is 6.92 Å². The molecule has 7 rings (SSSR count). The van der Waals surface area contributed by atoms with Gasteiger partial charge in [-0.25, -0.2) is 9.78 Å². The Morgan fingerprint density at radius 1 is 1.05 bits per heavy atom. The summed E-state index contributed by atoms with van der Waals surface area (Å²) in [5.74, 6) is -0.440. The summed E-state index contributed by atoms with van der Waals surface area (Å²) in [5, 5.41) is 3.85. The van der Waals surface area contributed by atoms with E-state index in [-0.39, 0.29) is 42.7 Å². The van der Waals surface area contributed by atoms with E-state index >= 15 is 0 Å². The number of rotatable bonds is 8. The van der Waals surface area contributed by atoms with Crippen LogP contribution >= 0.6 is 23.2 Å². The van der Waals surface area contributed by atoms with Gasteiger partial charge in [0.15, 0.2) is 17.7 Å². The van der Waals surface area contributed by atoms with Gasteiger partial charge in [0.05, 0.1) is 16.7 Å². The number of benzene rings is 2. The maximum atomic E-state index is 12.9. The number of allylic oxidation sites excluding steroid dienone is 1. The van der Waals surface area contributed by atoms with Crippen molar-refractivity contribution in [2.45, 2.75) is 77.0 Å². The van der Waals surface area contributed by atoms with Crippen LogP contribution in [0.5, 0.6) is 0 Å². The van der Waals surface area contributed by atoms with E-state index in [0.29, 0.717) is 27.1 Å². The normalized spacial score (nSPS) is 34.9. The summed E-state index contributed by atoms with van der Waals surface area (Å²) >= 11 is 12.2. The van der Waals surface area contributed by atoms with Gasteiger partial charge in [-0.15, -0.1) is 0 Å². The maximum absolute atomic E-state index is 12.9. The summed E-state index contributed by atoms with van der Waals surface area (Å²) in [6.45, 7) is 6.34. The number of ketones is 1. The van der Waals surface area contributed by atoms with Gasteiger partial charge in [-0.05, 0) is 67.4 Å². The summed E-state index contributed by atoms with van der Waals surface area (Å²) in [6, 6.07) is 12.3. The lowest BCUT2D eigenvalue weighted by molar-refractivity contribution is -0.571. The molecule has 10 heteroatoms. The van der Waals surface area contributed by atoms with Crippen molar-refractivity contribution in [3.63, 3.8) is 0 Å². The third-order valence-corrected chi connectivity index (χ3v) is 10.4. The van der Waals surface area contributed by atoms with Crippen LogP contribution in [-0.4, -0.2) is 42.2 Å². The maximum Gasteiger partial charge on any atom is 0.248 e. The molecule has 4 saturated heterocycles. The third-order valence-electron chi connectivity index (χ3n) is 9.60. The molecule has 230 valence electrons. The Bertz CT molecular complexity index is 1400. The van der Waals surface area contributed by atoms with Crippen molar-refractivity contribution in [3.05, 3.63) is 75.3 Å². The van der Waals surface area contributed by atoms with Crippen LogP contribution in [0.1, 0.15) is 67.9 Å². The average Bonchev–Trinajstić information content (AvgIpc) is 3.22. The van der Waals surface area contributed by atoms with Gasteiger partial charge in [0.25, 0.3) is 0 Å². The molecule has 0 unspecified atom stereocenters. The second-order valence-electron chi connectivity index (χ2n) is 12.4. The Hall–Kier alpha value is -2.30. The number of hydrogen-bond donors (Lipinski definition) is 1. The number of carbonyl (C=O) groups is 2. The summed E-state index contributed by atoms with van der Waals surface area (Å²) in [5.41, 5.74) is 1.36. The minimum absolute atomic E-state index is 0.00103. The van der Waals surface area contributed by atoms with Crippen LogP contribution in [0.4, 0.5) is 0 Å². The van der Waals surface area contributed by atoms with Gasteiger partial charge < -0.3 is 19.5 Å². The highest BCUT2D eigenvalue weighted by molar-refractivity contribution is 6.42. The van der Waals surface area contributed by atoms with Crippen molar-refractivity contribution in [1.82, 2.24) is 5.32 Å². The zero-order valence-electron chi connectivity index (χ0n) is 24.5. The van der Waals surface area contributed by atoms with Gasteiger partial charge in [-0.2, -0.15) is 0 Å². The first-order valence-corrected chi connectivity index (χ1v) is 15.7. The Labute approximate surface area is 261 Å². The quantitative estimate of drug-likeness (QED) is 0.197. The van der Waals surface area contributed by atoms with Gasteiger partial charge in [0, 0.05) is 23.8 Å². The fourth-order valence-corrected chi connectivity index (χ4v) is 7.58. The molecule has 4 aliphatic heterocycles. The Morgan fingerprint density at radius 2 is 1.84 bits per heavy atom. The van der Waals surface area contributed by atoms with Crippen molar-refractivity contribution in [1.29, 1.82) is 0 Å². The fourth-order valence-electron chi connectivity index (χ4n) is 7.21. The molecule has 5 fully saturated rings. The molecule has 8 nitrogen and oxygen atoms in total. The molecule has 2 bridgehead atoms. The van der Waals surface area contributed by atoms with Crippen molar-refractivity contribution in [2.24, 2.45) is 23.7 Å². The third kappa shape index (κ3) is 5.91. The molecule has 4 heterocycles. The van der Waals surface area contributed by atoms with E-state index in [9.17, 15) is 9.59 Å². The van der Waals surface area contributed by atoms with Crippen LogP contribution < -0.4 is 5.32 Å². The molecule has 1 N–H and O–H groups in total. The topological polar surface area (TPSA) is 92.3 Å². The molecular formula is C33H37Cl2NO7. The van der Waals surface area contributed by atoms with E-state index in [1.54, 1.807) is 48.5 Å². The first kappa shape index (κ1) is 30.7. The summed E-state index contributed by atoms with van der Waals surface area (Å²) in [7, 11) is 0. The van der Waals surface area contributed by atoms with Gasteiger partial charge in [0.2, 0.25) is 11.7 Å². The van der Waals surface area contributed by atoms with E-state index in [4.69, 9.17) is 47.2 Å². The number of nitrogens with one attached hydrogen (secondary N) is 1. The van der Waals surface area contributed by atoms with Crippen LogP contribution in [0.3, 0.4) is 0 Å². The zero-order valence-corrected chi connectivity index (χ0v) is 26.0.